The molecule has 0 aromatic heterocycles. The van der Waals surface area contributed by atoms with Gasteiger partial charge in [0.25, 0.3) is 0 Å². The van der Waals surface area contributed by atoms with Crippen LogP contribution in [0.15, 0.2) is 0 Å². The maximum absolute atomic E-state index is 11.3. The van der Waals surface area contributed by atoms with Crippen LogP contribution in [0.3, 0.4) is 0 Å². The second-order valence-corrected chi connectivity index (χ2v) is 5.13. The molecule has 0 aliphatic rings. The van der Waals surface area contributed by atoms with Crippen LogP contribution in [-0.2, 0) is 4.74 Å². The second kappa shape index (κ2) is 5.03. The number of rotatable bonds is 3. The molecule has 90 valence electrons. The summed E-state index contributed by atoms with van der Waals surface area (Å²) in [4.78, 5) is 11.3. The van der Waals surface area contributed by atoms with Crippen LogP contribution in [-0.4, -0.2) is 34.3 Å². The molecule has 0 heterocycles. The van der Waals surface area contributed by atoms with Gasteiger partial charge in [-0.1, -0.05) is 0 Å². The van der Waals surface area contributed by atoms with Crippen LogP contribution in [0.4, 0.5) is 4.79 Å². The Balaban J connectivity index is 4.20. The van der Waals surface area contributed by atoms with Gasteiger partial charge in [0.1, 0.15) is 5.60 Å². The Kier molecular flexibility index (Phi) is 4.87. The molecule has 0 bridgehead atoms. The molecule has 1 amide bonds. The fourth-order valence-electron chi connectivity index (χ4n) is 0.756. The lowest BCUT2D eigenvalue weighted by atomic mass is 10.0. The van der Waals surface area contributed by atoms with Crippen LogP contribution in [0.25, 0.3) is 0 Å². The van der Waals surface area contributed by atoms with Crippen LogP contribution in [0.5, 0.6) is 0 Å². The van der Waals surface area contributed by atoms with Crippen molar-refractivity contribution in [3.63, 3.8) is 0 Å². The van der Waals surface area contributed by atoms with Gasteiger partial charge in [-0.25, -0.2) is 4.79 Å². The van der Waals surface area contributed by atoms with Gasteiger partial charge in [-0.15, -0.1) is 11.6 Å². The van der Waals surface area contributed by atoms with Crippen molar-refractivity contribution in [2.24, 2.45) is 0 Å². The van der Waals surface area contributed by atoms with Gasteiger partial charge in [0.2, 0.25) is 0 Å². The van der Waals surface area contributed by atoms with Crippen molar-refractivity contribution >= 4 is 17.7 Å². The highest BCUT2D eigenvalue weighted by Gasteiger charge is 2.29. The molecule has 0 aromatic rings. The first-order valence-corrected chi connectivity index (χ1v) is 5.40. The van der Waals surface area contributed by atoms with E-state index in [1.54, 1.807) is 34.6 Å². The third kappa shape index (κ3) is 5.85. The van der Waals surface area contributed by atoms with Crippen molar-refractivity contribution in [1.29, 1.82) is 0 Å². The lowest BCUT2D eigenvalue weighted by molar-refractivity contribution is 0.0231. The van der Waals surface area contributed by atoms with Crippen LogP contribution in [0.2, 0.25) is 0 Å². The van der Waals surface area contributed by atoms with Gasteiger partial charge in [-0.05, 0) is 34.6 Å². The molecule has 5 heteroatoms. The largest absolute Gasteiger partial charge is 0.444 e. The molecule has 0 unspecified atom stereocenters. The first kappa shape index (κ1) is 14.5. The summed E-state index contributed by atoms with van der Waals surface area (Å²) in [6.07, 6.45) is -0.555. The summed E-state index contributed by atoms with van der Waals surface area (Å²) >= 11 is 5.56. The summed E-state index contributed by atoms with van der Waals surface area (Å²) in [7, 11) is 0. The molecule has 0 rings (SSSR count). The normalized spacial score (nSPS) is 17.8. The molecule has 2 atom stereocenters. The van der Waals surface area contributed by atoms with Gasteiger partial charge in [-0.3, -0.25) is 0 Å². The van der Waals surface area contributed by atoms with Crippen molar-refractivity contribution in [3.8, 4) is 0 Å². The zero-order valence-corrected chi connectivity index (χ0v) is 10.7. The minimum Gasteiger partial charge on any atom is -0.444 e. The maximum Gasteiger partial charge on any atom is 0.407 e. The fraction of sp³-hybridized carbons (Fsp3) is 0.900. The van der Waals surface area contributed by atoms with E-state index in [0.29, 0.717) is 0 Å². The van der Waals surface area contributed by atoms with Crippen LogP contribution in [0, 0.1) is 0 Å². The van der Waals surface area contributed by atoms with Gasteiger partial charge < -0.3 is 15.2 Å². The van der Waals surface area contributed by atoms with E-state index in [2.05, 4.69) is 5.32 Å². The highest BCUT2D eigenvalue weighted by atomic mass is 35.5. The van der Waals surface area contributed by atoms with E-state index in [-0.39, 0.29) is 5.88 Å². The van der Waals surface area contributed by atoms with Gasteiger partial charge in [0, 0.05) is 0 Å². The number of ether oxygens (including phenoxy) is 1. The molecule has 2 N–H and O–H groups in total. The number of alkyl carbamates (subject to hydrolysis) is 1. The van der Waals surface area contributed by atoms with Gasteiger partial charge in [-0.2, -0.15) is 0 Å². The third-order valence-electron chi connectivity index (χ3n) is 1.94. The Morgan fingerprint density at radius 1 is 1.47 bits per heavy atom. The van der Waals surface area contributed by atoms with Gasteiger partial charge in [0.05, 0.1) is 17.5 Å². The van der Waals surface area contributed by atoms with E-state index < -0.39 is 23.3 Å². The number of amides is 1. The number of nitrogens with one attached hydrogen (secondary N) is 1. The summed E-state index contributed by atoms with van der Waals surface area (Å²) in [5.41, 5.74) is -1.69. The Hall–Kier alpha value is -0.480. The zero-order valence-electron chi connectivity index (χ0n) is 9.93. The van der Waals surface area contributed by atoms with Crippen molar-refractivity contribution in [1.82, 2.24) is 5.32 Å². The Morgan fingerprint density at radius 2 is 1.93 bits per heavy atom. The lowest BCUT2D eigenvalue weighted by Crippen LogP contribution is -2.51. The summed E-state index contributed by atoms with van der Waals surface area (Å²) < 4.78 is 5.04. The lowest BCUT2D eigenvalue weighted by Gasteiger charge is -2.29. The van der Waals surface area contributed by atoms with Crippen molar-refractivity contribution in [3.05, 3.63) is 0 Å². The van der Waals surface area contributed by atoms with E-state index in [9.17, 15) is 9.90 Å². The van der Waals surface area contributed by atoms with Crippen molar-refractivity contribution in [2.75, 3.05) is 5.88 Å². The summed E-state index contributed by atoms with van der Waals surface area (Å²) in [6, 6.07) is -0.468. The quantitative estimate of drug-likeness (QED) is 0.737. The number of halogens is 1. The number of carbonyl (C=O) groups excluding carboxylic acids is 1. The highest BCUT2D eigenvalue weighted by molar-refractivity contribution is 6.18. The average molecular weight is 238 g/mol. The SMILES string of the molecule is C[C@H](NC(=O)OC(C)(C)C)[C@](C)(O)CCl. The zero-order chi connectivity index (χ0) is 12.3. The first-order valence-electron chi connectivity index (χ1n) is 4.86. The predicted octanol–water partition coefficient (Wildman–Crippen LogP) is 1.89. The molecule has 15 heavy (non-hydrogen) atoms. The van der Waals surface area contributed by atoms with E-state index in [1.165, 1.54) is 0 Å². The van der Waals surface area contributed by atoms with Crippen LogP contribution >= 0.6 is 11.6 Å². The number of hydrogen-bond acceptors (Lipinski definition) is 3. The summed E-state index contributed by atoms with van der Waals surface area (Å²) in [5.74, 6) is 0.0456. The van der Waals surface area contributed by atoms with Crippen molar-refractivity contribution < 1.29 is 14.6 Å². The molecule has 0 spiro atoms. The second-order valence-electron chi connectivity index (χ2n) is 4.86. The number of carbonyl (C=O) groups is 1. The minimum absolute atomic E-state index is 0.0456. The van der Waals surface area contributed by atoms with E-state index >= 15 is 0 Å². The standard InChI is InChI=1S/C10H20ClNO3/c1-7(10(5,14)6-11)12-8(13)15-9(2,3)4/h7,14H,6H2,1-5H3,(H,12,13)/t7-,10+/m0/s1. The highest BCUT2D eigenvalue weighted by Crippen LogP contribution is 2.13. The van der Waals surface area contributed by atoms with Crippen molar-refractivity contribution in [2.45, 2.75) is 51.9 Å². The van der Waals surface area contributed by atoms with E-state index in [1.807, 2.05) is 0 Å². The Labute approximate surface area is 95.9 Å². The predicted molar refractivity (Wildman–Crippen MR) is 60.2 cm³/mol. The van der Waals surface area contributed by atoms with Gasteiger partial charge >= 0.3 is 6.09 Å². The average Bonchev–Trinajstić information content (AvgIpc) is 2.00. The molecule has 0 saturated heterocycles. The monoisotopic (exact) mass is 237 g/mol. The molecule has 0 aromatic carbocycles. The Morgan fingerprint density at radius 3 is 2.27 bits per heavy atom. The number of alkyl halides is 1. The topological polar surface area (TPSA) is 58.6 Å². The fourth-order valence-corrected chi connectivity index (χ4v) is 0.987. The minimum atomic E-state index is -1.14. The maximum atomic E-state index is 11.3. The molecular weight excluding hydrogens is 218 g/mol. The molecule has 0 aliphatic carbocycles. The summed E-state index contributed by atoms with van der Waals surface area (Å²) in [5, 5.41) is 12.3. The van der Waals surface area contributed by atoms with Gasteiger partial charge in [0.15, 0.2) is 0 Å². The number of hydrogen-bond donors (Lipinski definition) is 2. The van der Waals surface area contributed by atoms with E-state index in [0.717, 1.165) is 0 Å². The third-order valence-corrected chi connectivity index (χ3v) is 2.48. The molecule has 0 saturated carbocycles. The molecule has 0 aliphatic heterocycles. The van der Waals surface area contributed by atoms with Crippen LogP contribution < -0.4 is 5.32 Å². The Bertz CT molecular complexity index is 223. The van der Waals surface area contributed by atoms with Crippen LogP contribution in [0.1, 0.15) is 34.6 Å². The molecular formula is C10H20ClNO3. The number of aliphatic hydroxyl groups is 1. The first-order chi connectivity index (χ1) is 6.58. The molecule has 4 nitrogen and oxygen atoms in total. The summed E-state index contributed by atoms with van der Waals surface area (Å²) in [6.45, 7) is 8.55. The molecule has 0 radical (unpaired) electrons. The van der Waals surface area contributed by atoms with E-state index in [4.69, 9.17) is 16.3 Å². The molecule has 0 fully saturated rings. The smallest absolute Gasteiger partial charge is 0.407 e.